The van der Waals surface area contributed by atoms with Gasteiger partial charge in [0.15, 0.2) is 0 Å². The molecule has 0 radical (unpaired) electrons. The molecule has 74 valence electrons. The second-order valence-electron chi connectivity index (χ2n) is 2.78. The van der Waals surface area contributed by atoms with Gasteiger partial charge in [-0.05, 0) is 12.1 Å². The number of aromatic nitrogens is 2. The van der Waals surface area contributed by atoms with Gasteiger partial charge in [0.1, 0.15) is 11.9 Å². The van der Waals surface area contributed by atoms with Crippen molar-refractivity contribution >= 4 is 28.8 Å². The average molecular weight is 230 g/mol. The molecule has 0 fully saturated rings. The summed E-state index contributed by atoms with van der Waals surface area (Å²) < 4.78 is 0.640. The van der Waals surface area contributed by atoms with Gasteiger partial charge >= 0.3 is 0 Å². The predicted molar refractivity (Wildman–Crippen MR) is 56.4 cm³/mol. The summed E-state index contributed by atoms with van der Waals surface area (Å²) in [7, 11) is 0. The van der Waals surface area contributed by atoms with Crippen LogP contribution in [0.2, 0.25) is 4.34 Å². The molecule has 2 aromatic rings. The molecule has 0 aliphatic heterocycles. The Kier molecular flexibility index (Phi) is 2.45. The van der Waals surface area contributed by atoms with Crippen molar-refractivity contribution in [2.45, 2.75) is 6.10 Å². The van der Waals surface area contributed by atoms with Crippen molar-refractivity contribution in [1.29, 1.82) is 0 Å². The smallest absolute Gasteiger partial charge is 0.125 e. The maximum absolute atomic E-state index is 9.89. The van der Waals surface area contributed by atoms with Crippen molar-refractivity contribution in [3.63, 3.8) is 0 Å². The van der Waals surface area contributed by atoms with Gasteiger partial charge in [0.05, 0.1) is 10.5 Å². The van der Waals surface area contributed by atoms with Crippen LogP contribution < -0.4 is 5.73 Å². The molecule has 2 aromatic heterocycles. The van der Waals surface area contributed by atoms with Crippen molar-refractivity contribution in [3.8, 4) is 0 Å². The number of hydrogen-bond acceptors (Lipinski definition) is 4. The Hall–Kier alpha value is -1.04. The van der Waals surface area contributed by atoms with Gasteiger partial charge in [-0.25, -0.2) is 0 Å². The van der Waals surface area contributed by atoms with Crippen LogP contribution in [0.5, 0.6) is 0 Å². The number of thiophene rings is 1. The van der Waals surface area contributed by atoms with E-state index in [1.807, 2.05) is 0 Å². The molecule has 6 heteroatoms. The fourth-order valence-electron chi connectivity index (χ4n) is 1.15. The summed E-state index contributed by atoms with van der Waals surface area (Å²) in [5.41, 5.74) is 6.15. The molecule has 0 spiro atoms. The summed E-state index contributed by atoms with van der Waals surface area (Å²) in [6.45, 7) is 0. The number of nitrogens with zero attached hydrogens (tertiary/aromatic N) is 1. The Bertz CT molecular complexity index is 439. The summed E-state index contributed by atoms with van der Waals surface area (Å²) in [4.78, 5) is 0.753. The van der Waals surface area contributed by atoms with E-state index in [9.17, 15) is 5.11 Å². The van der Waals surface area contributed by atoms with Gasteiger partial charge in [-0.2, -0.15) is 5.10 Å². The molecular formula is C8H8ClN3OS. The van der Waals surface area contributed by atoms with Crippen LogP contribution in [0.15, 0.2) is 18.3 Å². The highest BCUT2D eigenvalue weighted by Gasteiger charge is 2.16. The summed E-state index contributed by atoms with van der Waals surface area (Å²) in [6.07, 6.45) is 0.749. The number of anilines is 1. The molecule has 0 aliphatic carbocycles. The fraction of sp³-hybridized carbons (Fsp3) is 0.125. The summed E-state index contributed by atoms with van der Waals surface area (Å²) >= 11 is 7.08. The number of H-pyrrole nitrogens is 1. The summed E-state index contributed by atoms with van der Waals surface area (Å²) in [6, 6.07) is 3.51. The van der Waals surface area contributed by atoms with E-state index < -0.39 is 6.10 Å². The minimum atomic E-state index is -0.758. The van der Waals surface area contributed by atoms with Crippen LogP contribution in [-0.2, 0) is 0 Å². The first-order valence-electron chi connectivity index (χ1n) is 3.90. The highest BCUT2D eigenvalue weighted by Crippen LogP contribution is 2.32. The zero-order valence-corrected chi connectivity index (χ0v) is 8.64. The van der Waals surface area contributed by atoms with Gasteiger partial charge < -0.3 is 10.8 Å². The summed E-state index contributed by atoms with van der Waals surface area (Å²) in [5.74, 6) is 0.377. The minimum absolute atomic E-state index is 0.377. The Labute approximate surface area is 89.3 Å². The molecule has 2 rings (SSSR count). The van der Waals surface area contributed by atoms with E-state index in [4.69, 9.17) is 17.3 Å². The van der Waals surface area contributed by atoms with Gasteiger partial charge in [-0.15, -0.1) is 11.3 Å². The quantitative estimate of drug-likeness (QED) is 0.735. The summed E-state index contributed by atoms with van der Waals surface area (Å²) in [5, 5.41) is 16.2. The lowest BCUT2D eigenvalue weighted by molar-refractivity contribution is 0.225. The Morgan fingerprint density at radius 1 is 1.57 bits per heavy atom. The molecule has 1 atom stereocenters. The van der Waals surface area contributed by atoms with E-state index in [1.165, 1.54) is 17.5 Å². The van der Waals surface area contributed by atoms with Crippen molar-refractivity contribution in [1.82, 2.24) is 10.2 Å². The molecule has 4 nitrogen and oxygen atoms in total. The lowest BCUT2D eigenvalue weighted by Gasteiger charge is -2.05. The predicted octanol–water partition coefficient (Wildman–Crippen LogP) is 1.79. The number of aromatic amines is 1. The average Bonchev–Trinajstić information content (AvgIpc) is 2.73. The number of nitrogens with two attached hydrogens (primary N) is 1. The number of aliphatic hydroxyl groups is 1. The van der Waals surface area contributed by atoms with Gasteiger partial charge in [-0.1, -0.05) is 11.6 Å². The third kappa shape index (κ3) is 1.61. The van der Waals surface area contributed by atoms with Crippen LogP contribution in [0.4, 0.5) is 5.82 Å². The zero-order valence-electron chi connectivity index (χ0n) is 7.07. The van der Waals surface area contributed by atoms with Gasteiger partial charge in [0.2, 0.25) is 0 Å². The van der Waals surface area contributed by atoms with E-state index in [0.717, 1.165) is 4.88 Å². The minimum Gasteiger partial charge on any atom is -0.384 e. The Morgan fingerprint density at radius 3 is 2.86 bits per heavy atom. The number of nitrogen functional groups attached to an aromatic ring is 1. The lowest BCUT2D eigenvalue weighted by atomic mass is 10.1. The van der Waals surface area contributed by atoms with Gasteiger partial charge in [0, 0.05) is 10.4 Å². The monoisotopic (exact) mass is 229 g/mol. The molecule has 0 bridgehead atoms. The highest BCUT2D eigenvalue weighted by molar-refractivity contribution is 7.16. The second kappa shape index (κ2) is 3.61. The van der Waals surface area contributed by atoms with Crippen molar-refractivity contribution in [2.24, 2.45) is 0 Å². The highest BCUT2D eigenvalue weighted by atomic mass is 35.5. The third-order valence-corrected chi connectivity index (χ3v) is 3.14. The number of halogens is 1. The van der Waals surface area contributed by atoms with Crippen LogP contribution in [0.1, 0.15) is 16.5 Å². The maximum atomic E-state index is 9.89. The molecule has 0 aliphatic rings. The van der Waals surface area contributed by atoms with E-state index in [1.54, 1.807) is 12.1 Å². The van der Waals surface area contributed by atoms with Crippen molar-refractivity contribution in [2.75, 3.05) is 5.73 Å². The second-order valence-corrected chi connectivity index (χ2v) is 4.53. The fourth-order valence-corrected chi connectivity index (χ4v) is 2.22. The number of nitrogens with one attached hydrogen (secondary N) is 1. The molecule has 2 heterocycles. The number of hydrogen-bond donors (Lipinski definition) is 3. The van der Waals surface area contributed by atoms with E-state index in [-0.39, 0.29) is 0 Å². The largest absolute Gasteiger partial charge is 0.384 e. The first-order valence-corrected chi connectivity index (χ1v) is 5.10. The molecule has 4 N–H and O–H groups in total. The molecule has 0 saturated heterocycles. The van der Waals surface area contributed by atoms with Crippen LogP contribution >= 0.6 is 22.9 Å². The molecule has 0 aromatic carbocycles. The van der Waals surface area contributed by atoms with Crippen LogP contribution in [0, 0.1) is 0 Å². The topological polar surface area (TPSA) is 74.9 Å². The van der Waals surface area contributed by atoms with Gasteiger partial charge in [0.25, 0.3) is 0 Å². The van der Waals surface area contributed by atoms with E-state index in [2.05, 4.69) is 10.2 Å². The maximum Gasteiger partial charge on any atom is 0.125 e. The molecule has 0 saturated carbocycles. The normalized spacial score (nSPS) is 13.0. The Morgan fingerprint density at radius 2 is 2.36 bits per heavy atom. The van der Waals surface area contributed by atoms with E-state index in [0.29, 0.717) is 15.7 Å². The SMILES string of the molecule is Nc1[nH]ncc1C(O)c1ccc(Cl)s1. The van der Waals surface area contributed by atoms with Gasteiger partial charge in [-0.3, -0.25) is 5.10 Å². The molecular weight excluding hydrogens is 222 g/mol. The molecule has 1 unspecified atom stereocenters. The standard InChI is InChI=1S/C8H8ClN3OS/c9-6-2-1-5(14-6)7(13)4-3-11-12-8(4)10/h1-3,7,13H,(H3,10,11,12). The molecule has 14 heavy (non-hydrogen) atoms. The Balaban J connectivity index is 2.33. The number of aliphatic hydroxyl groups excluding tert-OH is 1. The first-order chi connectivity index (χ1) is 6.68. The van der Waals surface area contributed by atoms with Crippen molar-refractivity contribution in [3.05, 3.63) is 33.1 Å². The third-order valence-electron chi connectivity index (χ3n) is 1.86. The molecule has 0 amide bonds. The lowest BCUT2D eigenvalue weighted by Crippen LogP contribution is -1.99. The number of rotatable bonds is 2. The van der Waals surface area contributed by atoms with E-state index >= 15 is 0 Å². The zero-order chi connectivity index (χ0) is 10.1. The van der Waals surface area contributed by atoms with Crippen LogP contribution in [0.25, 0.3) is 0 Å². The van der Waals surface area contributed by atoms with Crippen molar-refractivity contribution < 1.29 is 5.11 Å². The van der Waals surface area contributed by atoms with Crippen LogP contribution in [0.3, 0.4) is 0 Å². The van der Waals surface area contributed by atoms with Crippen LogP contribution in [-0.4, -0.2) is 15.3 Å². The first kappa shape index (κ1) is 9.51.